The quantitative estimate of drug-likeness (QED) is 0.918. The number of carbonyl (C=O) groups excluding carboxylic acids is 1. The van der Waals surface area contributed by atoms with Gasteiger partial charge in [0, 0.05) is 24.5 Å². The Labute approximate surface area is 143 Å². The van der Waals surface area contributed by atoms with E-state index in [-0.39, 0.29) is 18.0 Å². The van der Waals surface area contributed by atoms with Gasteiger partial charge in [-0.05, 0) is 49.7 Å². The molecule has 25 heavy (non-hydrogen) atoms. The van der Waals surface area contributed by atoms with Gasteiger partial charge in [0.15, 0.2) is 0 Å². The molecule has 0 saturated carbocycles. The fourth-order valence-electron chi connectivity index (χ4n) is 2.94. The molecule has 132 valence electrons. The van der Waals surface area contributed by atoms with Gasteiger partial charge < -0.3 is 4.90 Å². The van der Waals surface area contributed by atoms with Gasteiger partial charge in [0.1, 0.15) is 0 Å². The molecule has 3 rings (SSSR count). The minimum atomic E-state index is -4.38. The van der Waals surface area contributed by atoms with Crippen molar-refractivity contribution in [3.05, 3.63) is 59.9 Å². The Kier molecular flexibility index (Phi) is 4.76. The van der Waals surface area contributed by atoms with E-state index in [1.807, 2.05) is 25.1 Å². The van der Waals surface area contributed by atoms with E-state index in [0.717, 1.165) is 17.8 Å². The Morgan fingerprint density at radius 1 is 1.20 bits per heavy atom. The van der Waals surface area contributed by atoms with Gasteiger partial charge >= 0.3 is 6.18 Å². The second-order valence-corrected chi connectivity index (χ2v) is 6.02. The van der Waals surface area contributed by atoms with Crippen LogP contribution in [0.1, 0.15) is 30.6 Å². The fourth-order valence-corrected chi connectivity index (χ4v) is 2.94. The molecule has 1 saturated heterocycles. The van der Waals surface area contributed by atoms with Crippen LogP contribution in [0.25, 0.3) is 0 Å². The van der Waals surface area contributed by atoms with E-state index < -0.39 is 11.7 Å². The molecule has 1 aromatic heterocycles. The van der Waals surface area contributed by atoms with Crippen LogP contribution in [-0.4, -0.2) is 23.5 Å². The lowest BCUT2D eigenvalue weighted by atomic mass is 10.1. The normalized spacial score (nSPS) is 19.3. The predicted molar refractivity (Wildman–Crippen MR) is 88.0 cm³/mol. The van der Waals surface area contributed by atoms with Gasteiger partial charge in [-0.2, -0.15) is 13.2 Å². The van der Waals surface area contributed by atoms with Gasteiger partial charge in [0.05, 0.1) is 17.3 Å². The Morgan fingerprint density at radius 3 is 2.52 bits per heavy atom. The maximum absolute atomic E-state index is 12.6. The zero-order valence-corrected chi connectivity index (χ0v) is 13.6. The maximum Gasteiger partial charge on any atom is 0.416 e. The molecule has 2 atom stereocenters. The van der Waals surface area contributed by atoms with Crippen LogP contribution >= 0.6 is 0 Å². The molecule has 1 aliphatic heterocycles. The highest BCUT2D eigenvalue weighted by Gasteiger charge is 2.34. The smallest absolute Gasteiger partial charge is 0.311 e. The van der Waals surface area contributed by atoms with Crippen LogP contribution < -0.4 is 10.2 Å². The molecule has 0 aliphatic carbocycles. The summed E-state index contributed by atoms with van der Waals surface area (Å²) in [5.41, 5.74) is 0.595. The summed E-state index contributed by atoms with van der Waals surface area (Å²) >= 11 is 0. The molecule has 2 aromatic rings. The number of halogens is 3. The van der Waals surface area contributed by atoms with Crippen molar-refractivity contribution in [2.75, 3.05) is 11.4 Å². The highest BCUT2D eigenvalue weighted by Crippen LogP contribution is 2.31. The van der Waals surface area contributed by atoms with E-state index in [1.165, 1.54) is 17.0 Å². The lowest BCUT2D eigenvalue weighted by Crippen LogP contribution is -2.39. The second kappa shape index (κ2) is 6.84. The largest absolute Gasteiger partial charge is 0.416 e. The van der Waals surface area contributed by atoms with E-state index >= 15 is 0 Å². The number of benzene rings is 1. The zero-order valence-electron chi connectivity index (χ0n) is 13.6. The molecule has 1 aliphatic rings. The van der Waals surface area contributed by atoms with Crippen LogP contribution in [-0.2, 0) is 11.0 Å². The van der Waals surface area contributed by atoms with Crippen LogP contribution in [0.15, 0.2) is 48.7 Å². The molecular weight excluding hydrogens is 331 g/mol. The number of anilines is 1. The van der Waals surface area contributed by atoms with Crippen molar-refractivity contribution >= 4 is 11.6 Å². The third-order valence-corrected chi connectivity index (χ3v) is 4.29. The number of hydrogen-bond donors (Lipinski definition) is 1. The van der Waals surface area contributed by atoms with E-state index in [2.05, 4.69) is 10.3 Å². The molecule has 0 spiro atoms. The maximum atomic E-state index is 12.6. The highest BCUT2D eigenvalue weighted by molar-refractivity contribution is 5.99. The third-order valence-electron chi connectivity index (χ3n) is 4.29. The summed E-state index contributed by atoms with van der Waals surface area (Å²) < 4.78 is 37.9. The second-order valence-electron chi connectivity index (χ2n) is 6.02. The van der Waals surface area contributed by atoms with Crippen LogP contribution in [0.3, 0.4) is 0 Å². The number of aromatic nitrogens is 1. The topological polar surface area (TPSA) is 45.2 Å². The number of alkyl halides is 3. The number of pyridine rings is 1. The Balaban J connectivity index is 1.67. The molecule has 1 aromatic carbocycles. The number of rotatable bonds is 4. The molecule has 7 heteroatoms. The number of amides is 1. The summed E-state index contributed by atoms with van der Waals surface area (Å²) in [6.45, 7) is 2.40. The summed E-state index contributed by atoms with van der Waals surface area (Å²) in [6.07, 6.45) is -2.09. The molecule has 1 amide bonds. The third kappa shape index (κ3) is 3.82. The van der Waals surface area contributed by atoms with Crippen molar-refractivity contribution in [1.82, 2.24) is 10.3 Å². The standard InChI is InChI=1S/C18H18F3N3O/c1-12(15-4-2-3-10-22-15)23-16-9-11-24(17(16)25)14-7-5-13(6-8-14)18(19,20)21/h2-8,10,12,16,23H,9,11H2,1H3/t12-,16+/m0/s1. The van der Waals surface area contributed by atoms with Crippen LogP contribution in [0, 0.1) is 0 Å². The van der Waals surface area contributed by atoms with E-state index in [1.54, 1.807) is 6.20 Å². The van der Waals surface area contributed by atoms with E-state index in [0.29, 0.717) is 18.7 Å². The summed E-state index contributed by atoms with van der Waals surface area (Å²) in [6, 6.07) is 9.79. The summed E-state index contributed by atoms with van der Waals surface area (Å²) in [4.78, 5) is 18.4. The zero-order chi connectivity index (χ0) is 18.0. The monoisotopic (exact) mass is 349 g/mol. The summed E-state index contributed by atoms with van der Waals surface area (Å²) in [7, 11) is 0. The van der Waals surface area contributed by atoms with E-state index in [9.17, 15) is 18.0 Å². The molecule has 2 heterocycles. The lowest BCUT2D eigenvalue weighted by Gasteiger charge is -2.20. The van der Waals surface area contributed by atoms with Crippen LogP contribution in [0.2, 0.25) is 0 Å². The first kappa shape index (κ1) is 17.4. The summed E-state index contributed by atoms with van der Waals surface area (Å²) in [5.74, 6) is -0.137. The number of hydrogen-bond acceptors (Lipinski definition) is 3. The lowest BCUT2D eigenvalue weighted by molar-refractivity contribution is -0.137. The first-order valence-electron chi connectivity index (χ1n) is 8.02. The first-order chi connectivity index (χ1) is 11.9. The van der Waals surface area contributed by atoms with Gasteiger partial charge in [-0.25, -0.2) is 0 Å². The number of carbonyl (C=O) groups is 1. The van der Waals surface area contributed by atoms with Gasteiger partial charge in [0.25, 0.3) is 0 Å². The molecule has 1 N–H and O–H groups in total. The number of nitrogens with zero attached hydrogens (tertiary/aromatic N) is 2. The highest BCUT2D eigenvalue weighted by atomic mass is 19.4. The minimum absolute atomic E-state index is 0.0947. The average Bonchev–Trinajstić information content (AvgIpc) is 2.96. The number of nitrogens with one attached hydrogen (secondary N) is 1. The van der Waals surface area contributed by atoms with Gasteiger partial charge in [0.2, 0.25) is 5.91 Å². The SMILES string of the molecule is C[C@H](N[C@@H]1CCN(c2ccc(C(F)(F)F)cc2)C1=O)c1ccccn1. The van der Waals surface area contributed by atoms with E-state index in [4.69, 9.17) is 0 Å². The Hall–Kier alpha value is -2.41. The first-order valence-corrected chi connectivity index (χ1v) is 8.02. The van der Waals surface area contributed by atoms with Gasteiger partial charge in [-0.1, -0.05) is 6.07 Å². The Morgan fingerprint density at radius 2 is 1.92 bits per heavy atom. The van der Waals surface area contributed by atoms with Crippen molar-refractivity contribution in [1.29, 1.82) is 0 Å². The molecule has 0 radical (unpaired) electrons. The average molecular weight is 349 g/mol. The van der Waals surface area contributed by atoms with Crippen molar-refractivity contribution in [2.24, 2.45) is 0 Å². The van der Waals surface area contributed by atoms with Gasteiger partial charge in [-0.3, -0.25) is 15.1 Å². The van der Waals surface area contributed by atoms with Crippen LogP contribution in [0.4, 0.5) is 18.9 Å². The molecule has 1 fully saturated rings. The minimum Gasteiger partial charge on any atom is -0.311 e. The molecular formula is C18H18F3N3O. The predicted octanol–water partition coefficient (Wildman–Crippen LogP) is 3.56. The fraction of sp³-hybridized carbons (Fsp3) is 0.333. The van der Waals surface area contributed by atoms with Gasteiger partial charge in [-0.15, -0.1) is 0 Å². The van der Waals surface area contributed by atoms with Crippen molar-refractivity contribution < 1.29 is 18.0 Å². The Bertz CT molecular complexity index is 731. The molecule has 0 unspecified atom stereocenters. The molecule has 4 nitrogen and oxygen atoms in total. The van der Waals surface area contributed by atoms with Crippen molar-refractivity contribution in [3.8, 4) is 0 Å². The van der Waals surface area contributed by atoms with Crippen molar-refractivity contribution in [3.63, 3.8) is 0 Å². The molecule has 0 bridgehead atoms. The summed E-state index contributed by atoms with van der Waals surface area (Å²) in [5, 5.41) is 3.25. The van der Waals surface area contributed by atoms with Crippen molar-refractivity contribution in [2.45, 2.75) is 31.6 Å². The van der Waals surface area contributed by atoms with Crippen LogP contribution in [0.5, 0.6) is 0 Å².